The van der Waals surface area contributed by atoms with Gasteiger partial charge in [-0.3, -0.25) is 0 Å². The first-order chi connectivity index (χ1) is 8.50. The van der Waals surface area contributed by atoms with Gasteiger partial charge < -0.3 is 0 Å². The van der Waals surface area contributed by atoms with E-state index in [0.717, 1.165) is 0 Å². The average molecular weight is 256 g/mol. The van der Waals surface area contributed by atoms with E-state index in [-0.39, 0.29) is 5.41 Å². The predicted octanol–water partition coefficient (Wildman–Crippen LogP) is 5.32. The van der Waals surface area contributed by atoms with Crippen molar-refractivity contribution in [3.63, 3.8) is 0 Å². The molecule has 0 nitrogen and oxygen atoms in total. The number of rotatable bonds is 2. The van der Waals surface area contributed by atoms with Gasteiger partial charge in [0.2, 0.25) is 0 Å². The molecule has 2 unspecified atom stereocenters. The highest BCUT2D eigenvalue weighted by atomic mass is 31.0. The summed E-state index contributed by atoms with van der Waals surface area (Å²) in [6.07, 6.45) is 0. The first kappa shape index (κ1) is 13.3. The summed E-state index contributed by atoms with van der Waals surface area (Å²) in [6.45, 7) is 6.85. The smallest absolute Gasteiger partial charge is 0.00399 e. The van der Waals surface area contributed by atoms with E-state index in [2.05, 4.69) is 84.6 Å². The molecule has 0 saturated carbocycles. The molecule has 0 N–H and O–H groups in total. The molecule has 0 aliphatic rings. The van der Waals surface area contributed by atoms with E-state index in [1.54, 1.807) is 0 Å². The highest BCUT2D eigenvalue weighted by molar-refractivity contribution is 7.17. The lowest BCUT2D eigenvalue weighted by atomic mass is 9.84. The van der Waals surface area contributed by atoms with E-state index in [9.17, 15) is 0 Å². The molecule has 18 heavy (non-hydrogen) atoms. The number of hydrogen-bond donors (Lipinski definition) is 0. The van der Waals surface area contributed by atoms with Crippen LogP contribution in [-0.2, 0) is 0 Å². The van der Waals surface area contributed by atoms with Crippen molar-refractivity contribution in [3.05, 3.63) is 60.2 Å². The van der Waals surface area contributed by atoms with Crippen molar-refractivity contribution >= 4 is 9.24 Å². The van der Waals surface area contributed by atoms with Crippen LogP contribution in [0.3, 0.4) is 0 Å². The summed E-state index contributed by atoms with van der Waals surface area (Å²) < 4.78 is 0. The predicted molar refractivity (Wildman–Crippen MR) is 83.8 cm³/mol. The van der Waals surface area contributed by atoms with Gasteiger partial charge in [0.05, 0.1) is 0 Å². The van der Waals surface area contributed by atoms with E-state index in [0.29, 0.717) is 5.66 Å². The Morgan fingerprint density at radius 1 is 0.833 bits per heavy atom. The van der Waals surface area contributed by atoms with E-state index >= 15 is 0 Å². The fourth-order valence-electron chi connectivity index (χ4n) is 2.12. The molecular formula is C17H21P. The molecule has 0 aromatic heterocycles. The quantitative estimate of drug-likeness (QED) is 0.638. The average Bonchev–Trinajstić information content (AvgIpc) is 2.38. The lowest BCUT2D eigenvalue weighted by molar-refractivity contribution is 0.401. The third-order valence-electron chi connectivity index (χ3n) is 3.31. The molecule has 0 aliphatic heterocycles. The van der Waals surface area contributed by atoms with Crippen molar-refractivity contribution in [2.75, 3.05) is 0 Å². The third kappa shape index (κ3) is 2.82. The highest BCUT2D eigenvalue weighted by Gasteiger charge is 2.23. The fourth-order valence-corrected chi connectivity index (χ4v) is 2.41. The van der Waals surface area contributed by atoms with Crippen molar-refractivity contribution in [1.82, 2.24) is 0 Å². The van der Waals surface area contributed by atoms with E-state index < -0.39 is 0 Å². The summed E-state index contributed by atoms with van der Waals surface area (Å²) in [5.41, 5.74) is 4.74. The van der Waals surface area contributed by atoms with Crippen molar-refractivity contribution < 1.29 is 0 Å². The molecule has 0 heterocycles. The van der Waals surface area contributed by atoms with E-state index in [1.165, 1.54) is 16.7 Å². The second kappa shape index (κ2) is 5.24. The second-order valence-corrected chi connectivity index (χ2v) is 6.46. The van der Waals surface area contributed by atoms with Gasteiger partial charge >= 0.3 is 0 Å². The minimum absolute atomic E-state index is 0.246. The molecular weight excluding hydrogens is 235 g/mol. The first-order valence-corrected chi connectivity index (χ1v) is 7.07. The molecule has 1 heteroatoms. The topological polar surface area (TPSA) is 0 Å². The maximum absolute atomic E-state index is 3.00. The zero-order valence-corrected chi connectivity index (χ0v) is 12.5. The Morgan fingerprint density at radius 2 is 1.39 bits per heavy atom. The van der Waals surface area contributed by atoms with Crippen LogP contribution in [0.1, 0.15) is 32.0 Å². The maximum Gasteiger partial charge on any atom is 0.00399 e. The van der Waals surface area contributed by atoms with Gasteiger partial charge in [-0.05, 0) is 22.1 Å². The lowest BCUT2D eigenvalue weighted by Gasteiger charge is -2.29. The summed E-state index contributed by atoms with van der Waals surface area (Å²) in [7, 11) is 3.00. The van der Waals surface area contributed by atoms with Crippen LogP contribution in [0, 0.1) is 5.41 Å². The van der Waals surface area contributed by atoms with Gasteiger partial charge in [-0.15, -0.1) is 9.24 Å². The third-order valence-corrected chi connectivity index (χ3v) is 4.67. The van der Waals surface area contributed by atoms with Crippen molar-refractivity contribution in [1.29, 1.82) is 0 Å². The van der Waals surface area contributed by atoms with Gasteiger partial charge in [-0.25, -0.2) is 0 Å². The summed E-state index contributed by atoms with van der Waals surface area (Å²) in [5, 5.41) is 0. The largest absolute Gasteiger partial charge is 0.129 e. The Labute approximate surface area is 113 Å². The molecule has 2 aromatic carbocycles. The van der Waals surface area contributed by atoms with Gasteiger partial charge in [0.1, 0.15) is 0 Å². The molecule has 2 aromatic rings. The van der Waals surface area contributed by atoms with Gasteiger partial charge in [0.15, 0.2) is 0 Å². The number of benzene rings is 2. The second-order valence-electron chi connectivity index (χ2n) is 5.80. The minimum atomic E-state index is 0.246. The molecule has 94 valence electrons. The fraction of sp³-hybridized carbons (Fsp3) is 0.294. The highest BCUT2D eigenvalue weighted by Crippen LogP contribution is 2.43. The Bertz CT molecular complexity index is 509. The normalized spacial score (nSPS) is 13.3. The molecule has 2 rings (SSSR count). The zero-order chi connectivity index (χ0) is 13.2. The van der Waals surface area contributed by atoms with E-state index in [4.69, 9.17) is 0 Å². The van der Waals surface area contributed by atoms with Crippen LogP contribution in [-0.4, -0.2) is 0 Å². The minimum Gasteiger partial charge on any atom is -0.129 e. The van der Waals surface area contributed by atoms with Gasteiger partial charge in [-0.2, -0.15) is 0 Å². The maximum atomic E-state index is 3.00. The molecule has 0 saturated heterocycles. The molecule has 0 bridgehead atoms. The SMILES string of the molecule is CC(C)(C)C(P)c1ccccc1-c1ccccc1. The van der Waals surface area contributed by atoms with Crippen molar-refractivity contribution in [2.45, 2.75) is 26.4 Å². The van der Waals surface area contributed by atoms with Crippen LogP contribution in [0.15, 0.2) is 54.6 Å². The molecule has 0 aliphatic carbocycles. The summed E-state index contributed by atoms with van der Waals surface area (Å²) in [5.74, 6) is 0. The Kier molecular flexibility index (Phi) is 3.88. The first-order valence-electron chi connectivity index (χ1n) is 6.40. The van der Waals surface area contributed by atoms with Crippen LogP contribution in [0.5, 0.6) is 0 Å². The molecule has 0 fully saturated rings. The lowest BCUT2D eigenvalue weighted by Crippen LogP contribution is -2.13. The van der Waals surface area contributed by atoms with Crippen LogP contribution in [0.25, 0.3) is 11.1 Å². The van der Waals surface area contributed by atoms with Gasteiger partial charge in [-0.1, -0.05) is 75.4 Å². The molecule has 0 spiro atoms. The van der Waals surface area contributed by atoms with Crippen molar-refractivity contribution in [3.8, 4) is 11.1 Å². The Balaban J connectivity index is 2.51. The van der Waals surface area contributed by atoms with Crippen LogP contribution >= 0.6 is 9.24 Å². The number of hydrogen-bond acceptors (Lipinski definition) is 0. The van der Waals surface area contributed by atoms with Crippen LogP contribution in [0.4, 0.5) is 0 Å². The van der Waals surface area contributed by atoms with Crippen molar-refractivity contribution in [2.24, 2.45) is 5.41 Å². The van der Waals surface area contributed by atoms with Gasteiger partial charge in [0, 0.05) is 5.66 Å². The summed E-state index contributed by atoms with van der Waals surface area (Å²) >= 11 is 0. The zero-order valence-electron chi connectivity index (χ0n) is 11.4. The summed E-state index contributed by atoms with van der Waals surface area (Å²) in [4.78, 5) is 0. The standard InChI is InChI=1S/C17H21P/c1-17(2,3)16(18)15-12-8-7-11-14(15)13-9-5-4-6-10-13/h4-12,16H,18H2,1-3H3. The molecule has 0 radical (unpaired) electrons. The van der Waals surface area contributed by atoms with Gasteiger partial charge in [0.25, 0.3) is 0 Å². The Hall–Kier alpha value is -1.13. The van der Waals surface area contributed by atoms with Crippen LogP contribution < -0.4 is 0 Å². The Morgan fingerprint density at radius 3 is 2.00 bits per heavy atom. The summed E-state index contributed by atoms with van der Waals surface area (Å²) in [6, 6.07) is 19.3. The van der Waals surface area contributed by atoms with E-state index in [1.807, 2.05) is 0 Å². The van der Waals surface area contributed by atoms with Crippen LogP contribution in [0.2, 0.25) is 0 Å². The molecule has 2 atom stereocenters. The monoisotopic (exact) mass is 256 g/mol. The molecule has 0 amide bonds.